The molecule has 0 atom stereocenters. The number of aromatic nitrogens is 1. The van der Waals surface area contributed by atoms with E-state index >= 15 is 0 Å². The third kappa shape index (κ3) is 2.34. The molecule has 0 radical (unpaired) electrons. The van der Waals surface area contributed by atoms with Crippen LogP contribution in [0.5, 0.6) is 0 Å². The molecule has 2 N–H and O–H groups in total. The highest BCUT2D eigenvalue weighted by molar-refractivity contribution is 6.50. The molecule has 1 aliphatic carbocycles. The molecule has 2 aromatic rings. The van der Waals surface area contributed by atoms with Gasteiger partial charge in [-0.1, -0.05) is 36.4 Å². The zero-order valence-corrected chi connectivity index (χ0v) is 10.8. The van der Waals surface area contributed by atoms with Crippen molar-refractivity contribution in [1.29, 1.82) is 10.8 Å². The van der Waals surface area contributed by atoms with Gasteiger partial charge in [0, 0.05) is 12.4 Å². The minimum atomic E-state index is 0.249. The molecule has 3 heteroatoms. The van der Waals surface area contributed by atoms with Crippen LogP contribution in [0, 0.1) is 10.8 Å². The van der Waals surface area contributed by atoms with Crippen LogP contribution in [0.1, 0.15) is 5.56 Å². The van der Waals surface area contributed by atoms with Crippen molar-refractivity contribution in [3.8, 4) is 11.1 Å². The second kappa shape index (κ2) is 5.05. The maximum atomic E-state index is 7.69. The highest BCUT2D eigenvalue weighted by Gasteiger charge is 2.08. The van der Waals surface area contributed by atoms with E-state index in [0.717, 1.165) is 22.3 Å². The van der Waals surface area contributed by atoms with Gasteiger partial charge in [0.25, 0.3) is 0 Å². The lowest BCUT2D eigenvalue weighted by Crippen LogP contribution is -2.09. The Hall–Kier alpha value is -2.81. The lowest BCUT2D eigenvalue weighted by atomic mass is 9.96. The van der Waals surface area contributed by atoms with Gasteiger partial charge in [-0.15, -0.1) is 0 Å². The molecule has 0 unspecified atom stereocenters. The van der Waals surface area contributed by atoms with Gasteiger partial charge in [0.2, 0.25) is 0 Å². The van der Waals surface area contributed by atoms with Gasteiger partial charge in [-0.05, 0) is 40.5 Å². The van der Waals surface area contributed by atoms with E-state index in [9.17, 15) is 0 Å². The van der Waals surface area contributed by atoms with Crippen LogP contribution in [0.2, 0.25) is 0 Å². The van der Waals surface area contributed by atoms with Crippen LogP contribution in [0.4, 0.5) is 0 Å². The summed E-state index contributed by atoms with van der Waals surface area (Å²) in [6.07, 6.45) is 8.86. The van der Waals surface area contributed by atoms with Crippen molar-refractivity contribution in [1.82, 2.24) is 4.98 Å². The molecule has 0 saturated carbocycles. The zero-order valence-electron chi connectivity index (χ0n) is 10.8. The Labute approximate surface area is 117 Å². The minimum absolute atomic E-state index is 0.249. The average molecular weight is 259 g/mol. The highest BCUT2D eigenvalue weighted by atomic mass is 14.6. The normalized spacial score (nSPS) is 14.3. The van der Waals surface area contributed by atoms with Crippen molar-refractivity contribution in [2.75, 3.05) is 0 Å². The average Bonchev–Trinajstić information content (AvgIpc) is 2.51. The van der Waals surface area contributed by atoms with Crippen LogP contribution in [-0.2, 0) is 0 Å². The SMILES string of the molecule is N=C1C=CC(c2ccc(-c3cccnc3)cc2)=CC1=N. The van der Waals surface area contributed by atoms with E-state index in [1.165, 1.54) is 0 Å². The van der Waals surface area contributed by atoms with E-state index in [4.69, 9.17) is 10.8 Å². The number of hydrogen-bond donors (Lipinski definition) is 2. The van der Waals surface area contributed by atoms with Crippen LogP contribution in [0.25, 0.3) is 16.7 Å². The topological polar surface area (TPSA) is 60.6 Å². The molecular weight excluding hydrogens is 246 g/mol. The number of nitrogens with one attached hydrogen (secondary N) is 2. The lowest BCUT2D eigenvalue weighted by molar-refractivity contribution is 1.33. The molecule has 3 rings (SSSR count). The Morgan fingerprint density at radius 1 is 0.750 bits per heavy atom. The summed E-state index contributed by atoms with van der Waals surface area (Å²) in [5.74, 6) is 0. The quantitative estimate of drug-likeness (QED) is 0.793. The third-order valence-corrected chi connectivity index (χ3v) is 3.23. The molecule has 0 saturated heterocycles. The molecule has 1 aromatic heterocycles. The number of rotatable bonds is 2. The fraction of sp³-hybridized carbons (Fsp3) is 0. The largest absolute Gasteiger partial charge is 0.299 e. The summed E-state index contributed by atoms with van der Waals surface area (Å²) in [7, 11) is 0. The van der Waals surface area contributed by atoms with E-state index in [1.807, 2.05) is 48.7 Å². The van der Waals surface area contributed by atoms with Crippen molar-refractivity contribution in [3.05, 3.63) is 72.6 Å². The smallest absolute Gasteiger partial charge is 0.0795 e. The lowest BCUT2D eigenvalue weighted by Gasteiger charge is -2.09. The Balaban J connectivity index is 1.91. The summed E-state index contributed by atoms with van der Waals surface area (Å²) in [5.41, 5.74) is 4.71. The maximum Gasteiger partial charge on any atom is 0.0795 e. The number of benzene rings is 1. The summed E-state index contributed by atoms with van der Waals surface area (Å²) in [4.78, 5) is 4.12. The molecule has 0 aliphatic heterocycles. The van der Waals surface area contributed by atoms with E-state index in [1.54, 1.807) is 18.3 Å². The van der Waals surface area contributed by atoms with Crippen LogP contribution in [0.3, 0.4) is 0 Å². The first-order chi connectivity index (χ1) is 9.74. The van der Waals surface area contributed by atoms with Gasteiger partial charge in [0.1, 0.15) is 0 Å². The number of pyridine rings is 1. The van der Waals surface area contributed by atoms with Crippen molar-refractivity contribution in [2.45, 2.75) is 0 Å². The second-order valence-corrected chi connectivity index (χ2v) is 4.58. The molecule has 3 nitrogen and oxygen atoms in total. The molecule has 1 heterocycles. The summed E-state index contributed by atoms with van der Waals surface area (Å²) in [5, 5.41) is 15.2. The molecule has 0 bridgehead atoms. The van der Waals surface area contributed by atoms with Gasteiger partial charge >= 0.3 is 0 Å². The molecule has 20 heavy (non-hydrogen) atoms. The number of allylic oxidation sites excluding steroid dienone is 4. The monoisotopic (exact) mass is 259 g/mol. The first-order valence-corrected chi connectivity index (χ1v) is 6.32. The summed E-state index contributed by atoms with van der Waals surface area (Å²) < 4.78 is 0. The highest BCUT2D eigenvalue weighted by Crippen LogP contribution is 2.23. The van der Waals surface area contributed by atoms with E-state index in [2.05, 4.69) is 4.98 Å². The Kier molecular flexibility index (Phi) is 3.09. The van der Waals surface area contributed by atoms with Crippen LogP contribution >= 0.6 is 0 Å². The Morgan fingerprint density at radius 2 is 1.50 bits per heavy atom. The minimum Gasteiger partial charge on any atom is -0.299 e. The fourth-order valence-electron chi connectivity index (χ4n) is 2.11. The number of nitrogens with zero attached hydrogens (tertiary/aromatic N) is 1. The predicted octanol–water partition coefficient (Wildman–Crippen LogP) is 3.74. The maximum absolute atomic E-state index is 7.69. The van der Waals surface area contributed by atoms with Gasteiger partial charge in [0.05, 0.1) is 11.4 Å². The van der Waals surface area contributed by atoms with Crippen molar-refractivity contribution in [2.24, 2.45) is 0 Å². The van der Waals surface area contributed by atoms with Crippen molar-refractivity contribution >= 4 is 17.0 Å². The molecule has 1 aliphatic rings. The Morgan fingerprint density at radius 3 is 2.15 bits per heavy atom. The first kappa shape index (κ1) is 12.2. The van der Waals surface area contributed by atoms with Gasteiger partial charge in [0.15, 0.2) is 0 Å². The van der Waals surface area contributed by atoms with Gasteiger partial charge in [-0.3, -0.25) is 15.8 Å². The number of hydrogen-bond acceptors (Lipinski definition) is 3. The van der Waals surface area contributed by atoms with Crippen LogP contribution < -0.4 is 0 Å². The van der Waals surface area contributed by atoms with Gasteiger partial charge < -0.3 is 0 Å². The summed E-state index contributed by atoms with van der Waals surface area (Å²) >= 11 is 0. The van der Waals surface area contributed by atoms with Gasteiger partial charge in [-0.25, -0.2) is 0 Å². The van der Waals surface area contributed by atoms with E-state index in [0.29, 0.717) is 0 Å². The molecule has 96 valence electrons. The first-order valence-electron chi connectivity index (χ1n) is 6.32. The standard InChI is InChI=1S/C17H13N3/c18-16-8-7-14(10-17(16)19)12-3-5-13(6-4-12)15-2-1-9-20-11-15/h1-11,18-19H. The molecule has 1 aromatic carbocycles. The molecule has 0 fully saturated rings. The van der Waals surface area contributed by atoms with Crippen molar-refractivity contribution in [3.63, 3.8) is 0 Å². The predicted molar refractivity (Wildman–Crippen MR) is 82.2 cm³/mol. The van der Waals surface area contributed by atoms with Crippen LogP contribution in [-0.4, -0.2) is 16.4 Å². The van der Waals surface area contributed by atoms with E-state index < -0.39 is 0 Å². The summed E-state index contributed by atoms with van der Waals surface area (Å²) in [6, 6.07) is 12.1. The fourth-order valence-corrected chi connectivity index (χ4v) is 2.11. The zero-order chi connectivity index (χ0) is 13.9. The third-order valence-electron chi connectivity index (χ3n) is 3.23. The second-order valence-electron chi connectivity index (χ2n) is 4.58. The van der Waals surface area contributed by atoms with Crippen LogP contribution in [0.15, 0.2) is 67.0 Å². The van der Waals surface area contributed by atoms with Crippen molar-refractivity contribution < 1.29 is 0 Å². The van der Waals surface area contributed by atoms with E-state index in [-0.39, 0.29) is 11.4 Å². The molecular formula is C17H13N3. The molecule has 0 spiro atoms. The summed E-state index contributed by atoms with van der Waals surface area (Å²) in [6.45, 7) is 0. The molecule has 0 amide bonds. The Bertz CT molecular complexity index is 723. The van der Waals surface area contributed by atoms with Gasteiger partial charge in [-0.2, -0.15) is 0 Å².